The number of ether oxygens (including phenoxy) is 1. The Labute approximate surface area is 127 Å². The van der Waals surface area contributed by atoms with Crippen LogP contribution in [0.4, 0.5) is 10.1 Å². The average Bonchev–Trinajstić information content (AvgIpc) is 2.54. The number of rotatable bonds is 2. The smallest absolute Gasteiger partial charge is 0.279 e. The Kier molecular flexibility index (Phi) is 3.75. The first-order valence-corrected chi connectivity index (χ1v) is 7.10. The van der Waals surface area contributed by atoms with Gasteiger partial charge in [0, 0.05) is 17.8 Å². The molecule has 22 heavy (non-hydrogen) atoms. The first-order chi connectivity index (χ1) is 10.6. The zero-order valence-corrected chi connectivity index (χ0v) is 12.4. The topological polar surface area (TPSA) is 55.3 Å². The molecule has 1 aromatic heterocycles. The fourth-order valence-corrected chi connectivity index (χ4v) is 2.70. The maximum Gasteiger partial charge on any atom is 0.279 e. The monoisotopic (exact) mass is 301 g/mol. The number of carbonyl (C=O) groups excluding carboxylic acids is 1. The van der Waals surface area contributed by atoms with E-state index in [-0.39, 0.29) is 23.5 Å². The highest BCUT2D eigenvalue weighted by atomic mass is 19.1. The molecule has 1 unspecified atom stereocenters. The molecule has 1 aromatic carbocycles. The van der Waals surface area contributed by atoms with Crippen molar-refractivity contribution in [2.24, 2.45) is 0 Å². The van der Waals surface area contributed by atoms with Crippen LogP contribution in [-0.4, -0.2) is 29.3 Å². The van der Waals surface area contributed by atoms with Gasteiger partial charge in [-0.25, -0.2) is 4.39 Å². The molecular weight excluding hydrogens is 285 g/mol. The zero-order valence-electron chi connectivity index (χ0n) is 12.4. The fraction of sp³-hybridized carbons (Fsp3) is 0.312. The van der Waals surface area contributed by atoms with Gasteiger partial charge in [-0.05, 0) is 49.6 Å². The van der Waals surface area contributed by atoms with Gasteiger partial charge in [0.2, 0.25) is 5.88 Å². The number of hydrogen-bond donors (Lipinski definition) is 0. The average molecular weight is 301 g/mol. The van der Waals surface area contributed by atoms with Crippen molar-refractivity contribution in [1.29, 1.82) is 0 Å². The van der Waals surface area contributed by atoms with E-state index in [0.29, 0.717) is 5.88 Å². The van der Waals surface area contributed by atoms with Crippen LogP contribution in [0.5, 0.6) is 5.88 Å². The van der Waals surface area contributed by atoms with Crippen LogP contribution >= 0.6 is 0 Å². The zero-order chi connectivity index (χ0) is 15.7. The predicted molar refractivity (Wildman–Crippen MR) is 79.6 cm³/mol. The number of amides is 1. The van der Waals surface area contributed by atoms with Crippen molar-refractivity contribution >= 4 is 11.6 Å². The third-order valence-corrected chi connectivity index (χ3v) is 3.86. The third kappa shape index (κ3) is 2.52. The van der Waals surface area contributed by atoms with Crippen molar-refractivity contribution in [3.8, 4) is 5.88 Å². The molecule has 3 rings (SSSR count). The number of benzene rings is 1. The fourth-order valence-electron chi connectivity index (χ4n) is 2.70. The van der Waals surface area contributed by atoms with Crippen LogP contribution in [0.1, 0.15) is 29.4 Å². The van der Waals surface area contributed by atoms with Crippen LogP contribution < -0.4 is 9.64 Å². The summed E-state index contributed by atoms with van der Waals surface area (Å²) in [7, 11) is 1.49. The molecule has 114 valence electrons. The van der Waals surface area contributed by atoms with E-state index in [1.807, 2.05) is 6.92 Å². The van der Waals surface area contributed by atoms with Gasteiger partial charge in [-0.15, -0.1) is 10.2 Å². The minimum Gasteiger partial charge on any atom is -0.480 e. The van der Waals surface area contributed by atoms with Gasteiger partial charge in [0.1, 0.15) is 5.82 Å². The normalized spacial score (nSPS) is 17.0. The van der Waals surface area contributed by atoms with Crippen molar-refractivity contribution < 1.29 is 13.9 Å². The molecule has 1 atom stereocenters. The third-order valence-electron chi connectivity index (χ3n) is 3.86. The van der Waals surface area contributed by atoms with Crippen LogP contribution in [0.2, 0.25) is 0 Å². The summed E-state index contributed by atoms with van der Waals surface area (Å²) >= 11 is 0. The maximum absolute atomic E-state index is 13.4. The van der Waals surface area contributed by atoms with Gasteiger partial charge in [-0.3, -0.25) is 4.79 Å². The number of aryl methyl sites for hydroxylation is 1. The number of methoxy groups -OCH3 is 1. The number of hydrogen-bond acceptors (Lipinski definition) is 4. The number of aromatic nitrogens is 2. The molecule has 0 spiro atoms. The van der Waals surface area contributed by atoms with Gasteiger partial charge < -0.3 is 9.64 Å². The molecule has 0 N–H and O–H groups in total. The van der Waals surface area contributed by atoms with Gasteiger partial charge in [-0.1, -0.05) is 0 Å². The van der Waals surface area contributed by atoms with E-state index < -0.39 is 0 Å². The summed E-state index contributed by atoms with van der Waals surface area (Å²) in [6.45, 7) is 1.97. The van der Waals surface area contributed by atoms with E-state index in [0.717, 1.165) is 24.1 Å². The highest BCUT2D eigenvalue weighted by Crippen LogP contribution is 2.32. The van der Waals surface area contributed by atoms with Crippen molar-refractivity contribution in [2.45, 2.75) is 25.8 Å². The van der Waals surface area contributed by atoms with Crippen LogP contribution in [0.25, 0.3) is 0 Å². The second kappa shape index (κ2) is 5.71. The summed E-state index contributed by atoms with van der Waals surface area (Å²) < 4.78 is 18.3. The molecule has 0 aliphatic carbocycles. The Hall–Kier alpha value is -2.50. The van der Waals surface area contributed by atoms with Gasteiger partial charge in [0.25, 0.3) is 5.91 Å². The Morgan fingerprint density at radius 1 is 1.32 bits per heavy atom. The Morgan fingerprint density at radius 3 is 2.82 bits per heavy atom. The van der Waals surface area contributed by atoms with Gasteiger partial charge in [0.15, 0.2) is 5.69 Å². The maximum atomic E-state index is 13.4. The van der Waals surface area contributed by atoms with Gasteiger partial charge in [0.05, 0.1) is 7.11 Å². The van der Waals surface area contributed by atoms with E-state index in [1.165, 1.54) is 19.2 Å². The van der Waals surface area contributed by atoms with E-state index >= 15 is 0 Å². The molecule has 0 saturated heterocycles. The van der Waals surface area contributed by atoms with E-state index in [1.54, 1.807) is 23.1 Å². The largest absolute Gasteiger partial charge is 0.480 e. The quantitative estimate of drug-likeness (QED) is 0.855. The number of nitrogens with zero attached hydrogens (tertiary/aromatic N) is 3. The Bertz CT molecular complexity index is 703. The van der Waals surface area contributed by atoms with Crippen LogP contribution in [0.3, 0.4) is 0 Å². The lowest BCUT2D eigenvalue weighted by molar-refractivity contribution is 0.0969. The number of fused-ring (bicyclic) bond motifs is 1. The summed E-state index contributed by atoms with van der Waals surface area (Å²) in [6, 6.07) is 7.71. The molecule has 2 heterocycles. The van der Waals surface area contributed by atoms with E-state index in [4.69, 9.17) is 4.74 Å². The second-order valence-corrected chi connectivity index (χ2v) is 5.30. The van der Waals surface area contributed by atoms with Crippen molar-refractivity contribution in [3.63, 3.8) is 0 Å². The standard InChI is InChI=1S/C16H16FN3O2/c1-10-3-4-11-9-12(17)5-7-14(11)20(10)16(21)13-6-8-15(22-2)19-18-13/h5-10H,3-4H2,1-2H3. The molecule has 1 amide bonds. The first kappa shape index (κ1) is 14.4. The van der Waals surface area contributed by atoms with Gasteiger partial charge in [-0.2, -0.15) is 0 Å². The van der Waals surface area contributed by atoms with Gasteiger partial charge >= 0.3 is 0 Å². The van der Waals surface area contributed by atoms with Crippen LogP contribution in [-0.2, 0) is 6.42 Å². The molecule has 0 bridgehead atoms. The molecule has 6 heteroatoms. The van der Waals surface area contributed by atoms with E-state index in [9.17, 15) is 9.18 Å². The Balaban J connectivity index is 1.97. The van der Waals surface area contributed by atoms with Crippen LogP contribution in [0.15, 0.2) is 30.3 Å². The van der Waals surface area contributed by atoms with Crippen molar-refractivity contribution in [2.75, 3.05) is 12.0 Å². The lowest BCUT2D eigenvalue weighted by Gasteiger charge is -2.35. The minimum atomic E-state index is -0.287. The molecular formula is C16H16FN3O2. The minimum absolute atomic E-state index is 0.0226. The molecule has 0 radical (unpaired) electrons. The van der Waals surface area contributed by atoms with Crippen molar-refractivity contribution in [1.82, 2.24) is 10.2 Å². The molecule has 1 aliphatic rings. The first-order valence-electron chi connectivity index (χ1n) is 7.10. The summed E-state index contributed by atoms with van der Waals surface area (Å²) in [5, 5.41) is 7.74. The summed E-state index contributed by atoms with van der Waals surface area (Å²) in [4.78, 5) is 14.4. The van der Waals surface area contributed by atoms with E-state index in [2.05, 4.69) is 10.2 Å². The summed E-state index contributed by atoms with van der Waals surface area (Å²) in [5.41, 5.74) is 1.82. The number of carbonyl (C=O) groups is 1. The van der Waals surface area contributed by atoms with Crippen LogP contribution in [0, 0.1) is 5.82 Å². The molecule has 2 aromatic rings. The summed E-state index contributed by atoms with van der Waals surface area (Å²) in [5.74, 6) is -0.175. The molecule has 5 nitrogen and oxygen atoms in total. The number of anilines is 1. The molecule has 0 fully saturated rings. The van der Waals surface area contributed by atoms with Crippen molar-refractivity contribution in [3.05, 3.63) is 47.4 Å². The lowest BCUT2D eigenvalue weighted by atomic mass is 9.96. The highest BCUT2D eigenvalue weighted by molar-refractivity contribution is 6.05. The lowest BCUT2D eigenvalue weighted by Crippen LogP contribution is -2.42. The SMILES string of the molecule is COc1ccc(C(=O)N2c3ccc(F)cc3CCC2C)nn1. The summed E-state index contributed by atoms with van der Waals surface area (Å²) in [6.07, 6.45) is 1.54. The molecule has 1 aliphatic heterocycles. The Morgan fingerprint density at radius 2 is 2.14 bits per heavy atom. The molecule has 0 saturated carbocycles. The highest BCUT2D eigenvalue weighted by Gasteiger charge is 2.30. The number of halogens is 1. The predicted octanol–water partition coefficient (Wildman–Crippen LogP) is 2.61. The second-order valence-electron chi connectivity index (χ2n) is 5.30.